The van der Waals surface area contributed by atoms with Crippen LogP contribution in [0.3, 0.4) is 0 Å². The van der Waals surface area contributed by atoms with Gasteiger partial charge in [0.15, 0.2) is 0 Å². The minimum Gasteiger partial charge on any atom is -0.493 e. The van der Waals surface area contributed by atoms with Gasteiger partial charge in [-0.3, -0.25) is 4.72 Å². The molecule has 0 amide bonds. The summed E-state index contributed by atoms with van der Waals surface area (Å²) in [5.41, 5.74) is 1.85. The first-order valence-electron chi connectivity index (χ1n) is 7.38. The van der Waals surface area contributed by atoms with Gasteiger partial charge in [0, 0.05) is 24.0 Å². The standard InChI is InChI=1S/C16H13Cl2NO4S/c17-12-2-1-10(8-13(12)18)19-24(20,21)16-11-4-6-22-14(11)7-9-3-5-23-15(9)16/h1-2,7-8,19H,3-6H2. The third-order valence-corrected chi connectivity index (χ3v) is 6.26. The maximum absolute atomic E-state index is 13.0. The van der Waals surface area contributed by atoms with Crippen molar-refractivity contribution in [2.45, 2.75) is 17.7 Å². The molecule has 4 rings (SSSR count). The first-order valence-corrected chi connectivity index (χ1v) is 9.62. The quantitative estimate of drug-likeness (QED) is 0.875. The third-order valence-electron chi connectivity index (χ3n) is 4.04. The normalized spacial score (nSPS) is 15.4. The second-order valence-corrected chi connectivity index (χ2v) is 8.04. The van der Waals surface area contributed by atoms with Crippen LogP contribution in [0.4, 0.5) is 5.69 Å². The highest BCUT2D eigenvalue weighted by Gasteiger charge is 2.33. The number of benzene rings is 2. The van der Waals surface area contributed by atoms with Crippen LogP contribution in [0.1, 0.15) is 11.1 Å². The number of nitrogens with one attached hydrogen (secondary N) is 1. The molecule has 0 fully saturated rings. The topological polar surface area (TPSA) is 64.6 Å². The molecule has 2 aromatic carbocycles. The summed E-state index contributed by atoms with van der Waals surface area (Å²) >= 11 is 11.8. The molecule has 2 aromatic rings. The summed E-state index contributed by atoms with van der Waals surface area (Å²) in [5.74, 6) is 1.04. The molecule has 0 unspecified atom stereocenters. The summed E-state index contributed by atoms with van der Waals surface area (Å²) in [7, 11) is -3.85. The van der Waals surface area contributed by atoms with Crippen LogP contribution in [-0.2, 0) is 22.9 Å². The van der Waals surface area contributed by atoms with Crippen LogP contribution >= 0.6 is 23.2 Å². The smallest absolute Gasteiger partial charge is 0.266 e. The third kappa shape index (κ3) is 2.59. The Hall–Kier alpha value is -1.63. The monoisotopic (exact) mass is 385 g/mol. The minimum atomic E-state index is -3.85. The Morgan fingerprint density at radius 3 is 2.58 bits per heavy atom. The molecule has 2 heterocycles. The van der Waals surface area contributed by atoms with Gasteiger partial charge in [0.2, 0.25) is 0 Å². The number of ether oxygens (including phenoxy) is 2. The first-order chi connectivity index (χ1) is 11.5. The number of anilines is 1. The molecule has 8 heteroatoms. The van der Waals surface area contributed by atoms with E-state index in [2.05, 4.69) is 4.72 Å². The Balaban J connectivity index is 1.81. The summed E-state index contributed by atoms with van der Waals surface area (Å²) in [6.07, 6.45) is 1.20. The van der Waals surface area contributed by atoms with E-state index in [-0.39, 0.29) is 9.92 Å². The van der Waals surface area contributed by atoms with Crippen molar-refractivity contribution in [3.8, 4) is 11.5 Å². The first kappa shape index (κ1) is 15.9. The van der Waals surface area contributed by atoms with Gasteiger partial charge in [-0.2, -0.15) is 0 Å². The number of hydrogen-bond acceptors (Lipinski definition) is 4. The molecule has 0 aliphatic carbocycles. The summed E-state index contributed by atoms with van der Waals surface area (Å²) < 4.78 is 39.7. The zero-order chi connectivity index (χ0) is 16.9. The lowest BCUT2D eigenvalue weighted by Gasteiger charge is -2.15. The minimum absolute atomic E-state index is 0.163. The maximum Gasteiger partial charge on any atom is 0.266 e. The van der Waals surface area contributed by atoms with Gasteiger partial charge in [-0.25, -0.2) is 8.42 Å². The lowest BCUT2D eigenvalue weighted by molar-refractivity contribution is 0.348. The second-order valence-electron chi connectivity index (χ2n) is 5.60. The van der Waals surface area contributed by atoms with Crippen molar-refractivity contribution < 1.29 is 17.9 Å². The number of fused-ring (bicyclic) bond motifs is 2. The van der Waals surface area contributed by atoms with E-state index in [1.807, 2.05) is 6.07 Å². The van der Waals surface area contributed by atoms with Crippen LogP contribution in [-0.4, -0.2) is 21.6 Å². The zero-order valence-electron chi connectivity index (χ0n) is 12.4. The van der Waals surface area contributed by atoms with Crippen molar-refractivity contribution in [2.75, 3.05) is 17.9 Å². The fraction of sp³-hybridized carbons (Fsp3) is 0.250. The van der Waals surface area contributed by atoms with Crippen molar-refractivity contribution in [3.63, 3.8) is 0 Å². The van der Waals surface area contributed by atoms with Gasteiger partial charge in [-0.1, -0.05) is 23.2 Å². The van der Waals surface area contributed by atoms with Gasteiger partial charge in [0.05, 0.1) is 28.9 Å². The second kappa shape index (κ2) is 5.72. The zero-order valence-corrected chi connectivity index (χ0v) is 14.8. The van der Waals surface area contributed by atoms with E-state index in [1.54, 1.807) is 12.1 Å². The van der Waals surface area contributed by atoms with Gasteiger partial charge < -0.3 is 9.47 Å². The van der Waals surface area contributed by atoms with Crippen LogP contribution in [0.15, 0.2) is 29.2 Å². The van der Waals surface area contributed by atoms with Gasteiger partial charge in [-0.15, -0.1) is 0 Å². The van der Waals surface area contributed by atoms with Crippen molar-refractivity contribution in [1.29, 1.82) is 0 Å². The number of hydrogen-bond donors (Lipinski definition) is 1. The van der Waals surface area contributed by atoms with Crippen LogP contribution in [0.2, 0.25) is 10.0 Å². The van der Waals surface area contributed by atoms with Crippen LogP contribution in [0.25, 0.3) is 0 Å². The Morgan fingerprint density at radius 1 is 1.00 bits per heavy atom. The van der Waals surface area contributed by atoms with E-state index < -0.39 is 10.0 Å². The number of sulfonamides is 1. The highest BCUT2D eigenvalue weighted by molar-refractivity contribution is 7.92. The number of rotatable bonds is 3. The van der Waals surface area contributed by atoms with Crippen LogP contribution in [0.5, 0.6) is 11.5 Å². The SMILES string of the molecule is O=S(=O)(Nc1ccc(Cl)c(Cl)c1)c1c2c(cc3c1OCC3)OCC2. The highest BCUT2D eigenvalue weighted by atomic mass is 35.5. The Labute approximate surface area is 149 Å². The highest BCUT2D eigenvalue weighted by Crippen LogP contribution is 2.43. The molecule has 0 saturated carbocycles. The molecular weight excluding hydrogens is 373 g/mol. The lowest BCUT2D eigenvalue weighted by atomic mass is 10.1. The van der Waals surface area contributed by atoms with Crippen molar-refractivity contribution >= 4 is 38.9 Å². The van der Waals surface area contributed by atoms with Crippen LogP contribution < -0.4 is 14.2 Å². The average molecular weight is 386 g/mol. The van der Waals surface area contributed by atoms with E-state index in [0.29, 0.717) is 53.8 Å². The lowest BCUT2D eigenvalue weighted by Crippen LogP contribution is -2.16. The van der Waals surface area contributed by atoms with Crippen molar-refractivity contribution in [1.82, 2.24) is 0 Å². The van der Waals surface area contributed by atoms with Crippen LogP contribution in [0, 0.1) is 0 Å². The Kier molecular flexibility index (Phi) is 3.78. The van der Waals surface area contributed by atoms with Gasteiger partial charge in [0.25, 0.3) is 10.0 Å². The van der Waals surface area contributed by atoms with E-state index in [0.717, 1.165) is 5.56 Å². The van der Waals surface area contributed by atoms with Gasteiger partial charge in [-0.05, 0) is 24.3 Å². The molecule has 126 valence electrons. The van der Waals surface area contributed by atoms with Crippen molar-refractivity contribution in [3.05, 3.63) is 45.4 Å². The molecule has 0 atom stereocenters. The molecule has 2 aliphatic rings. The van der Waals surface area contributed by atoms with E-state index >= 15 is 0 Å². The predicted octanol–water partition coefficient (Wildman–Crippen LogP) is 3.66. The maximum atomic E-state index is 13.0. The molecule has 0 aromatic heterocycles. The molecule has 0 bridgehead atoms. The fourth-order valence-corrected chi connectivity index (χ4v) is 4.79. The Bertz CT molecular complexity index is 911. The molecule has 0 spiro atoms. The van der Waals surface area contributed by atoms with Gasteiger partial charge >= 0.3 is 0 Å². The molecule has 2 aliphatic heterocycles. The predicted molar refractivity (Wildman–Crippen MR) is 92.1 cm³/mol. The molecule has 5 nitrogen and oxygen atoms in total. The largest absolute Gasteiger partial charge is 0.493 e. The molecular formula is C16H13Cl2NO4S. The summed E-state index contributed by atoms with van der Waals surface area (Å²) in [4.78, 5) is 0.163. The Morgan fingerprint density at radius 2 is 1.79 bits per heavy atom. The molecule has 0 saturated heterocycles. The average Bonchev–Trinajstić information content (AvgIpc) is 3.16. The van der Waals surface area contributed by atoms with E-state index in [4.69, 9.17) is 32.7 Å². The van der Waals surface area contributed by atoms with E-state index in [1.165, 1.54) is 6.07 Å². The number of halogens is 2. The van der Waals surface area contributed by atoms with E-state index in [9.17, 15) is 8.42 Å². The summed E-state index contributed by atoms with van der Waals surface area (Å²) in [6.45, 7) is 0.932. The molecule has 0 radical (unpaired) electrons. The summed E-state index contributed by atoms with van der Waals surface area (Å²) in [5, 5.41) is 0.637. The fourth-order valence-electron chi connectivity index (χ4n) is 2.99. The molecule has 24 heavy (non-hydrogen) atoms. The van der Waals surface area contributed by atoms with Crippen molar-refractivity contribution in [2.24, 2.45) is 0 Å². The van der Waals surface area contributed by atoms with Gasteiger partial charge in [0.1, 0.15) is 16.4 Å². The molecule has 1 N–H and O–H groups in total. The summed E-state index contributed by atoms with van der Waals surface area (Å²) in [6, 6.07) is 6.46.